The number of benzene rings is 1. The number of hydrogen-bond acceptors (Lipinski definition) is 9. The summed E-state index contributed by atoms with van der Waals surface area (Å²) in [6.45, 7) is 9.04. The number of ether oxygens (including phenoxy) is 2. The highest BCUT2D eigenvalue weighted by atomic mass is 35.5. The van der Waals surface area contributed by atoms with Crippen LogP contribution in [0.5, 0.6) is 0 Å². The Bertz CT molecular complexity index is 1700. The molecule has 0 amide bonds. The van der Waals surface area contributed by atoms with Crippen LogP contribution in [-0.2, 0) is 16.0 Å². The molecule has 4 heterocycles. The first-order valence-corrected chi connectivity index (χ1v) is 13.8. The first kappa shape index (κ1) is 26.3. The van der Waals surface area contributed by atoms with Gasteiger partial charge >= 0.3 is 0 Å². The predicted octanol–water partition coefficient (Wildman–Crippen LogP) is 3.01. The third-order valence-corrected chi connectivity index (χ3v) is 7.93. The Morgan fingerprint density at radius 3 is 2.62 bits per heavy atom. The molecule has 2 N–H and O–H groups in total. The fourth-order valence-electron chi connectivity index (χ4n) is 5.75. The van der Waals surface area contributed by atoms with Crippen LogP contribution in [0, 0.1) is 6.92 Å². The normalized spacial score (nSPS) is 22.4. The van der Waals surface area contributed by atoms with E-state index in [0.29, 0.717) is 47.4 Å². The largest absolute Gasteiger partial charge is 0.501 e. The molecule has 0 radical (unpaired) electrons. The van der Waals surface area contributed by atoms with E-state index in [1.165, 1.54) is 11.3 Å². The molecule has 1 aliphatic carbocycles. The van der Waals surface area contributed by atoms with Crippen LogP contribution < -0.4 is 26.2 Å². The number of halogens is 1. The number of pyridine rings is 1. The van der Waals surface area contributed by atoms with Gasteiger partial charge in [-0.05, 0) is 56.2 Å². The van der Waals surface area contributed by atoms with Gasteiger partial charge < -0.3 is 25.0 Å². The predicted molar refractivity (Wildman–Crippen MR) is 157 cm³/mol. The van der Waals surface area contributed by atoms with E-state index in [-0.39, 0.29) is 0 Å². The maximum absolute atomic E-state index is 6.75. The summed E-state index contributed by atoms with van der Waals surface area (Å²) in [5, 5.41) is 17.0. The second-order valence-corrected chi connectivity index (χ2v) is 10.9. The third-order valence-electron chi connectivity index (χ3n) is 7.52. The van der Waals surface area contributed by atoms with Crippen LogP contribution in [0.1, 0.15) is 31.4 Å². The summed E-state index contributed by atoms with van der Waals surface area (Å²) in [6.07, 6.45) is 3.99. The maximum atomic E-state index is 6.75. The molecule has 0 spiro atoms. The van der Waals surface area contributed by atoms with E-state index in [0.717, 1.165) is 46.4 Å². The summed E-state index contributed by atoms with van der Waals surface area (Å²) in [6, 6.07) is 9.37. The Labute approximate surface area is 237 Å². The number of fused-ring (bicyclic) bond motifs is 3. The van der Waals surface area contributed by atoms with Crippen molar-refractivity contribution in [2.24, 2.45) is 9.98 Å². The average molecular weight is 561 g/mol. The fraction of sp³-hybridized carbons (Fsp3) is 0.379. The molecule has 208 valence electrons. The second-order valence-electron chi connectivity index (χ2n) is 10.5. The number of rotatable bonds is 4. The first-order chi connectivity index (χ1) is 19.3. The number of allylic oxidation sites excluding steroid dienone is 3. The quantitative estimate of drug-likeness (QED) is 0.506. The van der Waals surface area contributed by atoms with Crippen molar-refractivity contribution in [3.63, 3.8) is 0 Å². The van der Waals surface area contributed by atoms with E-state index in [1.807, 2.05) is 16.5 Å². The summed E-state index contributed by atoms with van der Waals surface area (Å²) in [4.78, 5) is 12.1. The second kappa shape index (κ2) is 10.6. The maximum Gasteiger partial charge on any atom is 0.224 e. The zero-order valence-electron chi connectivity index (χ0n) is 23.3. The molecule has 40 heavy (non-hydrogen) atoms. The Morgan fingerprint density at radius 1 is 1.10 bits per heavy atom. The van der Waals surface area contributed by atoms with E-state index < -0.39 is 0 Å². The molecule has 3 aromatic rings. The number of anilines is 2. The van der Waals surface area contributed by atoms with Crippen LogP contribution in [0.25, 0.3) is 11.2 Å². The molecule has 10 nitrogen and oxygen atoms in total. The van der Waals surface area contributed by atoms with Crippen LogP contribution in [0.15, 0.2) is 63.2 Å². The highest BCUT2D eigenvalue weighted by Crippen LogP contribution is 2.33. The van der Waals surface area contributed by atoms with Gasteiger partial charge in [0, 0.05) is 59.8 Å². The van der Waals surface area contributed by atoms with E-state index in [4.69, 9.17) is 31.1 Å². The van der Waals surface area contributed by atoms with Gasteiger partial charge in [0.2, 0.25) is 5.96 Å². The number of nitrogens with zero attached hydrogens (tertiary/aromatic N) is 6. The molecule has 1 aromatic carbocycles. The van der Waals surface area contributed by atoms with Crippen molar-refractivity contribution in [2.45, 2.75) is 45.8 Å². The van der Waals surface area contributed by atoms with Crippen molar-refractivity contribution in [1.29, 1.82) is 0 Å². The zero-order chi connectivity index (χ0) is 28.0. The monoisotopic (exact) mass is 560 g/mol. The molecule has 2 aromatic heterocycles. The van der Waals surface area contributed by atoms with Crippen LogP contribution in [0.4, 0.5) is 11.4 Å². The van der Waals surface area contributed by atoms with Crippen molar-refractivity contribution in [2.75, 3.05) is 37.5 Å². The molecule has 0 unspecified atom stereocenters. The highest BCUT2D eigenvalue weighted by molar-refractivity contribution is 6.36. The Kier molecular flexibility index (Phi) is 6.97. The Morgan fingerprint density at radius 2 is 1.90 bits per heavy atom. The molecule has 3 aliphatic rings. The molecule has 6 rings (SSSR count). The fourth-order valence-corrected chi connectivity index (χ4v) is 6.05. The molecular weight excluding hydrogens is 528 g/mol. The summed E-state index contributed by atoms with van der Waals surface area (Å²) in [5.74, 6) is 1.84. The lowest BCUT2D eigenvalue weighted by atomic mass is 10.0. The number of hydrogen-bond donors (Lipinski definition) is 2. The summed E-state index contributed by atoms with van der Waals surface area (Å²) in [7, 11) is 3.23. The summed E-state index contributed by atoms with van der Waals surface area (Å²) < 4.78 is 12.9. The minimum Gasteiger partial charge on any atom is -0.501 e. The number of aromatic nitrogens is 3. The highest BCUT2D eigenvalue weighted by Gasteiger charge is 2.23. The van der Waals surface area contributed by atoms with Crippen molar-refractivity contribution >= 4 is 40.2 Å². The van der Waals surface area contributed by atoms with Gasteiger partial charge in [-0.3, -0.25) is 4.40 Å². The summed E-state index contributed by atoms with van der Waals surface area (Å²) in [5.41, 5.74) is 6.62. The van der Waals surface area contributed by atoms with Gasteiger partial charge in [0.05, 0.1) is 25.8 Å². The first-order valence-electron chi connectivity index (χ1n) is 13.4. The van der Waals surface area contributed by atoms with Gasteiger partial charge in [0.1, 0.15) is 23.3 Å². The van der Waals surface area contributed by atoms with E-state index in [9.17, 15) is 0 Å². The van der Waals surface area contributed by atoms with E-state index >= 15 is 0 Å². The van der Waals surface area contributed by atoms with E-state index in [1.54, 1.807) is 20.5 Å². The van der Waals surface area contributed by atoms with Crippen molar-refractivity contribution in [1.82, 2.24) is 19.9 Å². The smallest absolute Gasteiger partial charge is 0.224 e. The molecule has 0 saturated carbocycles. The van der Waals surface area contributed by atoms with Crippen molar-refractivity contribution < 1.29 is 9.47 Å². The minimum absolute atomic E-state index is 0.453. The molecule has 1 saturated heterocycles. The molecular formula is C29H33ClN8O2. The lowest BCUT2D eigenvalue weighted by Crippen LogP contribution is -2.54. The van der Waals surface area contributed by atoms with Crippen LogP contribution in [-0.4, -0.2) is 60.0 Å². The number of piperazine rings is 1. The lowest BCUT2D eigenvalue weighted by molar-refractivity contribution is 0.267. The number of aryl methyl sites for hydroxylation is 1. The van der Waals surface area contributed by atoms with Gasteiger partial charge in [0.15, 0.2) is 5.65 Å². The number of guanidine groups is 1. The van der Waals surface area contributed by atoms with Gasteiger partial charge in [-0.15, -0.1) is 10.2 Å². The molecule has 2 atom stereocenters. The third kappa shape index (κ3) is 4.82. The average Bonchev–Trinajstić information content (AvgIpc) is 3.43. The van der Waals surface area contributed by atoms with Crippen LogP contribution >= 0.6 is 11.6 Å². The molecule has 1 fully saturated rings. The SMILES string of the molecule is COC1=CC(OC)=C(Cl)C(=c2cc3c(n4cnnc24)=NC(Nc2ccc(N4C[C@@H](C)N[C@@H](C)C4)c(C)c2)=NC3)C1. The van der Waals surface area contributed by atoms with Crippen LogP contribution in [0.2, 0.25) is 0 Å². The standard InChI is InChI=1S/C29H33ClN8O2/c1-16-8-20(6-7-24(16)37-13-17(2)33-18(3)14-37)34-29-31-12-19-9-23(28-36-32-15-38(28)27(19)35-29)22-10-21(39-4)11-25(40-5)26(22)30/h6-9,11,15,17-18,33H,10,12-14H2,1-5H3,(H,31,34)/t17-,18+. The van der Waals surface area contributed by atoms with Crippen LogP contribution in [0.3, 0.4) is 0 Å². The van der Waals surface area contributed by atoms with Gasteiger partial charge in [-0.25, -0.2) is 4.99 Å². The Hall–Kier alpha value is -3.89. The molecule has 2 aliphatic heterocycles. The molecule has 0 bridgehead atoms. The van der Waals surface area contributed by atoms with Gasteiger partial charge in [0.25, 0.3) is 0 Å². The minimum atomic E-state index is 0.453. The number of methoxy groups -OCH3 is 2. The number of nitrogens with one attached hydrogen (secondary N) is 2. The van der Waals surface area contributed by atoms with Crippen molar-refractivity contribution in [3.05, 3.63) is 75.1 Å². The summed E-state index contributed by atoms with van der Waals surface area (Å²) >= 11 is 6.75. The Balaban J connectivity index is 1.34. The topological polar surface area (TPSA) is 101 Å². The van der Waals surface area contributed by atoms with Gasteiger partial charge in [-0.1, -0.05) is 11.6 Å². The van der Waals surface area contributed by atoms with Crippen molar-refractivity contribution in [3.8, 4) is 0 Å². The zero-order valence-corrected chi connectivity index (χ0v) is 24.1. The molecule has 11 heteroatoms. The van der Waals surface area contributed by atoms with Gasteiger partial charge in [-0.2, -0.15) is 4.99 Å². The lowest BCUT2D eigenvalue weighted by Gasteiger charge is -2.38. The van der Waals surface area contributed by atoms with E-state index in [2.05, 4.69) is 64.7 Å². The number of aliphatic imine (C=N–C) groups is 1.